The van der Waals surface area contributed by atoms with Gasteiger partial charge < -0.3 is 4.74 Å². The van der Waals surface area contributed by atoms with E-state index >= 15 is 0 Å². The third-order valence-corrected chi connectivity index (χ3v) is 2.33. The number of carbonyl (C=O) groups excluding carboxylic acids is 1. The fourth-order valence-electron chi connectivity index (χ4n) is 1.38. The van der Waals surface area contributed by atoms with Gasteiger partial charge in [-0.1, -0.05) is 13.3 Å². The SMILES string of the molecule is CCCCC(C=O)Oc1ccc([N+](=O)[O-])cc1. The highest BCUT2D eigenvalue weighted by Gasteiger charge is 2.10. The summed E-state index contributed by atoms with van der Waals surface area (Å²) in [5.41, 5.74) is 0.00793. The van der Waals surface area contributed by atoms with E-state index in [1.54, 1.807) is 0 Å². The van der Waals surface area contributed by atoms with Gasteiger partial charge in [0, 0.05) is 12.1 Å². The smallest absolute Gasteiger partial charge is 0.269 e. The van der Waals surface area contributed by atoms with Crippen LogP contribution in [0.25, 0.3) is 0 Å². The Labute approximate surface area is 99.5 Å². The van der Waals surface area contributed by atoms with Crippen LogP contribution in [0.4, 0.5) is 5.69 Å². The Morgan fingerprint density at radius 3 is 2.53 bits per heavy atom. The molecule has 0 aliphatic rings. The number of ether oxygens (including phenoxy) is 1. The lowest BCUT2D eigenvalue weighted by Gasteiger charge is -2.12. The van der Waals surface area contributed by atoms with Crippen LogP contribution >= 0.6 is 0 Å². The number of rotatable bonds is 7. The van der Waals surface area contributed by atoms with Crippen LogP contribution in [0.1, 0.15) is 26.2 Å². The number of carbonyl (C=O) groups is 1. The molecule has 0 saturated carbocycles. The van der Waals surface area contributed by atoms with E-state index in [0.717, 1.165) is 19.1 Å². The predicted octanol–water partition coefficient (Wildman–Crippen LogP) is 2.73. The molecule has 5 heteroatoms. The molecule has 1 aromatic carbocycles. The first-order chi connectivity index (χ1) is 8.17. The highest BCUT2D eigenvalue weighted by atomic mass is 16.6. The molecule has 0 heterocycles. The zero-order valence-electron chi connectivity index (χ0n) is 9.67. The van der Waals surface area contributed by atoms with Crippen molar-refractivity contribution < 1.29 is 14.5 Å². The monoisotopic (exact) mass is 237 g/mol. The second kappa shape index (κ2) is 6.62. The summed E-state index contributed by atoms with van der Waals surface area (Å²) in [6.07, 6.45) is 2.86. The number of nitro benzene ring substituents is 1. The third kappa shape index (κ3) is 4.22. The lowest BCUT2D eigenvalue weighted by atomic mass is 10.2. The zero-order valence-corrected chi connectivity index (χ0v) is 9.67. The molecule has 0 radical (unpaired) electrons. The Bertz CT molecular complexity index is 375. The first-order valence-corrected chi connectivity index (χ1v) is 5.53. The first kappa shape index (κ1) is 13.2. The number of nitro groups is 1. The fraction of sp³-hybridized carbons (Fsp3) is 0.417. The van der Waals surface area contributed by atoms with Crippen LogP contribution in [0.15, 0.2) is 24.3 Å². The average Bonchev–Trinajstić information content (AvgIpc) is 2.35. The summed E-state index contributed by atoms with van der Waals surface area (Å²) < 4.78 is 5.41. The molecule has 0 spiro atoms. The minimum Gasteiger partial charge on any atom is -0.483 e. The van der Waals surface area contributed by atoms with Crippen molar-refractivity contribution in [3.63, 3.8) is 0 Å². The lowest BCUT2D eigenvalue weighted by molar-refractivity contribution is -0.384. The van der Waals surface area contributed by atoms with Crippen molar-refractivity contribution >= 4 is 12.0 Å². The molecular weight excluding hydrogens is 222 g/mol. The van der Waals surface area contributed by atoms with E-state index in [1.165, 1.54) is 24.3 Å². The number of unbranched alkanes of at least 4 members (excludes halogenated alkanes) is 1. The zero-order chi connectivity index (χ0) is 12.7. The molecule has 0 aliphatic carbocycles. The molecule has 92 valence electrons. The molecule has 0 aliphatic heterocycles. The second-order valence-corrected chi connectivity index (χ2v) is 3.69. The highest BCUT2D eigenvalue weighted by molar-refractivity contribution is 5.56. The van der Waals surface area contributed by atoms with E-state index in [0.29, 0.717) is 12.2 Å². The molecule has 0 bridgehead atoms. The normalized spacial score (nSPS) is 11.8. The topological polar surface area (TPSA) is 69.4 Å². The maximum atomic E-state index is 10.8. The summed E-state index contributed by atoms with van der Waals surface area (Å²) in [5, 5.41) is 10.4. The molecule has 17 heavy (non-hydrogen) atoms. The van der Waals surface area contributed by atoms with Crippen LogP contribution in [0, 0.1) is 10.1 Å². The number of benzene rings is 1. The summed E-state index contributed by atoms with van der Waals surface area (Å²) in [4.78, 5) is 20.7. The molecule has 1 atom stereocenters. The van der Waals surface area contributed by atoms with Crippen molar-refractivity contribution in [2.45, 2.75) is 32.3 Å². The predicted molar refractivity (Wildman–Crippen MR) is 63.1 cm³/mol. The fourth-order valence-corrected chi connectivity index (χ4v) is 1.38. The molecule has 0 amide bonds. The molecule has 1 unspecified atom stereocenters. The van der Waals surface area contributed by atoms with Crippen molar-refractivity contribution in [1.29, 1.82) is 0 Å². The molecule has 5 nitrogen and oxygen atoms in total. The van der Waals surface area contributed by atoms with Gasteiger partial charge in [0.2, 0.25) is 0 Å². The van der Waals surface area contributed by atoms with Crippen LogP contribution in [-0.4, -0.2) is 17.3 Å². The molecule has 0 N–H and O–H groups in total. The lowest BCUT2D eigenvalue weighted by Crippen LogP contribution is -2.17. The summed E-state index contributed by atoms with van der Waals surface area (Å²) in [5.74, 6) is 0.476. The Morgan fingerprint density at radius 1 is 1.41 bits per heavy atom. The largest absolute Gasteiger partial charge is 0.483 e. The van der Waals surface area contributed by atoms with Gasteiger partial charge in [0.25, 0.3) is 5.69 Å². The Balaban J connectivity index is 2.60. The van der Waals surface area contributed by atoms with E-state index in [-0.39, 0.29) is 5.69 Å². The Morgan fingerprint density at radius 2 is 2.06 bits per heavy atom. The number of hydrogen-bond acceptors (Lipinski definition) is 4. The van der Waals surface area contributed by atoms with Crippen molar-refractivity contribution in [2.75, 3.05) is 0 Å². The van der Waals surface area contributed by atoms with Crippen molar-refractivity contribution in [2.24, 2.45) is 0 Å². The minimum atomic E-state index is -0.476. The highest BCUT2D eigenvalue weighted by Crippen LogP contribution is 2.19. The van der Waals surface area contributed by atoms with Crippen LogP contribution in [0.2, 0.25) is 0 Å². The Kier molecular flexibility index (Phi) is 5.13. The number of hydrogen-bond donors (Lipinski definition) is 0. The molecular formula is C12H15NO4. The summed E-state index contributed by atoms with van der Waals surface area (Å²) >= 11 is 0. The average molecular weight is 237 g/mol. The van der Waals surface area contributed by atoms with E-state index in [4.69, 9.17) is 4.74 Å². The van der Waals surface area contributed by atoms with E-state index in [2.05, 4.69) is 0 Å². The number of non-ortho nitro benzene ring substituents is 1. The van der Waals surface area contributed by atoms with Crippen LogP contribution < -0.4 is 4.74 Å². The minimum absolute atomic E-state index is 0.00793. The summed E-state index contributed by atoms with van der Waals surface area (Å²) in [7, 11) is 0. The van der Waals surface area contributed by atoms with E-state index in [1.807, 2.05) is 6.92 Å². The molecule has 1 rings (SSSR count). The van der Waals surface area contributed by atoms with Gasteiger partial charge in [-0.2, -0.15) is 0 Å². The van der Waals surface area contributed by atoms with Gasteiger partial charge in [-0.25, -0.2) is 0 Å². The Hall–Kier alpha value is -1.91. The number of nitrogens with zero attached hydrogens (tertiary/aromatic N) is 1. The number of aldehydes is 1. The van der Waals surface area contributed by atoms with Gasteiger partial charge in [-0.15, -0.1) is 0 Å². The van der Waals surface area contributed by atoms with Gasteiger partial charge in [-0.3, -0.25) is 14.9 Å². The maximum absolute atomic E-state index is 10.8. The molecule has 0 aromatic heterocycles. The quantitative estimate of drug-likeness (QED) is 0.415. The van der Waals surface area contributed by atoms with Gasteiger partial charge in [0.1, 0.15) is 5.75 Å². The van der Waals surface area contributed by atoms with Gasteiger partial charge in [0.15, 0.2) is 12.4 Å². The van der Waals surface area contributed by atoms with Gasteiger partial charge in [0.05, 0.1) is 4.92 Å². The van der Waals surface area contributed by atoms with E-state index in [9.17, 15) is 14.9 Å². The van der Waals surface area contributed by atoms with Crippen LogP contribution in [0.5, 0.6) is 5.75 Å². The molecule has 0 saturated heterocycles. The van der Waals surface area contributed by atoms with Crippen molar-refractivity contribution in [1.82, 2.24) is 0 Å². The van der Waals surface area contributed by atoms with Crippen molar-refractivity contribution in [3.05, 3.63) is 34.4 Å². The van der Waals surface area contributed by atoms with Crippen LogP contribution in [0.3, 0.4) is 0 Å². The first-order valence-electron chi connectivity index (χ1n) is 5.53. The standard InChI is InChI=1S/C12H15NO4/c1-2-3-4-12(9-14)17-11-7-5-10(6-8-11)13(15)16/h5-9,12H,2-4H2,1H3. The maximum Gasteiger partial charge on any atom is 0.269 e. The third-order valence-electron chi connectivity index (χ3n) is 2.33. The molecule has 0 fully saturated rings. The second-order valence-electron chi connectivity index (χ2n) is 3.69. The van der Waals surface area contributed by atoms with Gasteiger partial charge in [-0.05, 0) is 25.0 Å². The summed E-state index contributed by atoms with van der Waals surface area (Å²) in [6, 6.07) is 5.72. The van der Waals surface area contributed by atoms with E-state index < -0.39 is 11.0 Å². The molecule has 1 aromatic rings. The summed E-state index contributed by atoms with van der Waals surface area (Å²) in [6.45, 7) is 2.04. The van der Waals surface area contributed by atoms with Crippen LogP contribution in [-0.2, 0) is 4.79 Å². The van der Waals surface area contributed by atoms with Gasteiger partial charge >= 0.3 is 0 Å². The van der Waals surface area contributed by atoms with Crippen molar-refractivity contribution in [3.8, 4) is 5.75 Å².